The van der Waals surface area contributed by atoms with Gasteiger partial charge in [0.05, 0.1) is 0 Å². The Morgan fingerprint density at radius 1 is 1.00 bits per heavy atom. The SMILES string of the molecule is C[C@@H](N)c1ccc(Oc2cccc3ccccc23)nc1. The lowest BCUT2D eigenvalue weighted by Crippen LogP contribution is -2.05. The maximum atomic E-state index is 5.87. The van der Waals surface area contributed by atoms with E-state index < -0.39 is 0 Å². The predicted octanol–water partition coefficient (Wildman–Crippen LogP) is 4.05. The van der Waals surface area contributed by atoms with Crippen molar-refractivity contribution in [2.75, 3.05) is 0 Å². The molecule has 0 unspecified atom stereocenters. The first-order valence-corrected chi connectivity index (χ1v) is 6.61. The van der Waals surface area contributed by atoms with Gasteiger partial charge in [-0.1, -0.05) is 42.5 Å². The number of ether oxygens (including phenoxy) is 1. The Labute approximate surface area is 118 Å². The van der Waals surface area contributed by atoms with Gasteiger partial charge in [0, 0.05) is 23.7 Å². The van der Waals surface area contributed by atoms with Crippen molar-refractivity contribution in [3.63, 3.8) is 0 Å². The second-order valence-electron chi connectivity index (χ2n) is 4.80. The van der Waals surface area contributed by atoms with Gasteiger partial charge in [0.1, 0.15) is 5.75 Å². The second-order valence-corrected chi connectivity index (χ2v) is 4.80. The van der Waals surface area contributed by atoms with Gasteiger partial charge < -0.3 is 10.5 Å². The molecule has 1 aromatic heterocycles. The Balaban J connectivity index is 1.93. The summed E-state index contributed by atoms with van der Waals surface area (Å²) in [4.78, 5) is 4.30. The van der Waals surface area contributed by atoms with Crippen molar-refractivity contribution in [2.45, 2.75) is 13.0 Å². The molecule has 3 rings (SSSR count). The molecule has 3 nitrogen and oxygen atoms in total. The Morgan fingerprint density at radius 3 is 2.55 bits per heavy atom. The maximum absolute atomic E-state index is 5.87. The zero-order chi connectivity index (χ0) is 13.9. The average Bonchev–Trinajstić information content (AvgIpc) is 2.48. The first-order valence-electron chi connectivity index (χ1n) is 6.61. The number of nitrogens with two attached hydrogens (primary N) is 1. The largest absolute Gasteiger partial charge is 0.438 e. The van der Waals surface area contributed by atoms with Crippen LogP contribution in [0.25, 0.3) is 10.8 Å². The van der Waals surface area contributed by atoms with E-state index in [9.17, 15) is 0 Å². The summed E-state index contributed by atoms with van der Waals surface area (Å²) < 4.78 is 5.87. The molecule has 20 heavy (non-hydrogen) atoms. The van der Waals surface area contributed by atoms with E-state index >= 15 is 0 Å². The van der Waals surface area contributed by atoms with Crippen LogP contribution in [-0.4, -0.2) is 4.98 Å². The summed E-state index contributed by atoms with van der Waals surface area (Å²) in [5.41, 5.74) is 6.81. The molecule has 0 saturated heterocycles. The summed E-state index contributed by atoms with van der Waals surface area (Å²) in [6.45, 7) is 1.93. The number of rotatable bonds is 3. The smallest absolute Gasteiger partial charge is 0.219 e. The summed E-state index contributed by atoms with van der Waals surface area (Å²) in [6, 6.07) is 17.9. The van der Waals surface area contributed by atoms with Crippen molar-refractivity contribution in [1.82, 2.24) is 4.98 Å². The van der Waals surface area contributed by atoms with Crippen LogP contribution in [0, 0.1) is 0 Å². The van der Waals surface area contributed by atoms with Crippen LogP contribution in [0.15, 0.2) is 60.8 Å². The Kier molecular flexibility index (Phi) is 3.35. The third-order valence-electron chi connectivity index (χ3n) is 3.25. The molecule has 0 aliphatic carbocycles. The van der Waals surface area contributed by atoms with Crippen LogP contribution in [0.1, 0.15) is 18.5 Å². The van der Waals surface area contributed by atoms with E-state index in [1.807, 2.05) is 49.4 Å². The number of fused-ring (bicyclic) bond motifs is 1. The summed E-state index contributed by atoms with van der Waals surface area (Å²) in [7, 11) is 0. The third-order valence-corrected chi connectivity index (χ3v) is 3.25. The van der Waals surface area contributed by atoms with Gasteiger partial charge in [-0.3, -0.25) is 0 Å². The van der Waals surface area contributed by atoms with Gasteiger partial charge in [-0.2, -0.15) is 0 Å². The zero-order valence-corrected chi connectivity index (χ0v) is 11.3. The van der Waals surface area contributed by atoms with Gasteiger partial charge in [0.25, 0.3) is 0 Å². The van der Waals surface area contributed by atoms with Crippen LogP contribution in [0.4, 0.5) is 0 Å². The molecule has 3 heteroatoms. The molecular formula is C17H16N2O. The summed E-state index contributed by atoms with van der Waals surface area (Å²) in [5, 5.41) is 2.23. The van der Waals surface area contributed by atoms with Gasteiger partial charge in [0.2, 0.25) is 5.88 Å². The van der Waals surface area contributed by atoms with Gasteiger partial charge in [-0.15, -0.1) is 0 Å². The predicted molar refractivity (Wildman–Crippen MR) is 80.9 cm³/mol. The van der Waals surface area contributed by atoms with Crippen molar-refractivity contribution in [2.24, 2.45) is 5.73 Å². The highest BCUT2D eigenvalue weighted by molar-refractivity contribution is 5.88. The fourth-order valence-corrected chi connectivity index (χ4v) is 2.12. The van der Waals surface area contributed by atoms with Crippen molar-refractivity contribution in [3.8, 4) is 11.6 Å². The van der Waals surface area contributed by atoms with E-state index in [1.165, 1.54) is 0 Å². The first kappa shape index (κ1) is 12.6. The van der Waals surface area contributed by atoms with Crippen molar-refractivity contribution >= 4 is 10.8 Å². The molecule has 0 aliphatic rings. The van der Waals surface area contributed by atoms with Crippen LogP contribution in [0.3, 0.4) is 0 Å². The minimum atomic E-state index is -0.0193. The van der Waals surface area contributed by atoms with Crippen molar-refractivity contribution in [3.05, 3.63) is 66.4 Å². The van der Waals surface area contributed by atoms with Crippen LogP contribution < -0.4 is 10.5 Å². The highest BCUT2D eigenvalue weighted by Gasteiger charge is 2.05. The van der Waals surface area contributed by atoms with Crippen LogP contribution in [-0.2, 0) is 0 Å². The minimum absolute atomic E-state index is 0.0193. The molecule has 0 saturated carbocycles. The fourth-order valence-electron chi connectivity index (χ4n) is 2.12. The van der Waals surface area contributed by atoms with Crippen LogP contribution in [0.2, 0.25) is 0 Å². The lowest BCUT2D eigenvalue weighted by molar-refractivity contribution is 0.467. The summed E-state index contributed by atoms with van der Waals surface area (Å²) >= 11 is 0. The lowest BCUT2D eigenvalue weighted by Gasteiger charge is -2.09. The van der Waals surface area contributed by atoms with Gasteiger partial charge in [0.15, 0.2) is 0 Å². The number of pyridine rings is 1. The van der Waals surface area contributed by atoms with Gasteiger partial charge >= 0.3 is 0 Å². The van der Waals surface area contributed by atoms with Gasteiger partial charge in [-0.05, 0) is 23.9 Å². The molecule has 1 atom stereocenters. The normalized spacial score (nSPS) is 12.3. The molecule has 1 heterocycles. The Hall–Kier alpha value is -2.39. The molecule has 100 valence electrons. The first-order chi connectivity index (χ1) is 9.74. The van der Waals surface area contributed by atoms with E-state index in [0.717, 1.165) is 22.1 Å². The second kappa shape index (κ2) is 5.31. The molecule has 0 spiro atoms. The van der Waals surface area contributed by atoms with E-state index in [2.05, 4.69) is 17.1 Å². The Bertz CT molecular complexity index is 715. The lowest BCUT2D eigenvalue weighted by atomic mass is 10.1. The van der Waals surface area contributed by atoms with E-state index in [4.69, 9.17) is 10.5 Å². The van der Waals surface area contributed by atoms with E-state index in [0.29, 0.717) is 5.88 Å². The molecule has 0 bridgehead atoms. The quantitative estimate of drug-likeness (QED) is 0.776. The maximum Gasteiger partial charge on any atom is 0.219 e. The highest BCUT2D eigenvalue weighted by Crippen LogP contribution is 2.29. The summed E-state index contributed by atoms with van der Waals surface area (Å²) in [6.07, 6.45) is 1.76. The van der Waals surface area contributed by atoms with E-state index in [1.54, 1.807) is 6.20 Å². The molecule has 2 aromatic carbocycles. The van der Waals surface area contributed by atoms with Crippen LogP contribution in [0.5, 0.6) is 11.6 Å². The fraction of sp³-hybridized carbons (Fsp3) is 0.118. The van der Waals surface area contributed by atoms with Crippen molar-refractivity contribution in [1.29, 1.82) is 0 Å². The molecular weight excluding hydrogens is 248 g/mol. The van der Waals surface area contributed by atoms with Gasteiger partial charge in [-0.25, -0.2) is 4.98 Å². The molecule has 3 aromatic rings. The van der Waals surface area contributed by atoms with Crippen molar-refractivity contribution < 1.29 is 4.74 Å². The monoisotopic (exact) mass is 264 g/mol. The molecule has 0 fully saturated rings. The molecule has 0 radical (unpaired) electrons. The average molecular weight is 264 g/mol. The number of nitrogens with zero attached hydrogens (tertiary/aromatic N) is 1. The zero-order valence-electron chi connectivity index (χ0n) is 11.3. The number of hydrogen-bond acceptors (Lipinski definition) is 3. The standard InChI is InChI=1S/C17H16N2O/c1-12(18)14-9-10-17(19-11-14)20-16-8-4-6-13-5-2-3-7-15(13)16/h2-12H,18H2,1H3/t12-/m1/s1. The molecule has 2 N–H and O–H groups in total. The number of benzene rings is 2. The minimum Gasteiger partial charge on any atom is -0.438 e. The Morgan fingerprint density at radius 2 is 1.80 bits per heavy atom. The third kappa shape index (κ3) is 2.49. The van der Waals surface area contributed by atoms with E-state index in [-0.39, 0.29) is 6.04 Å². The van der Waals surface area contributed by atoms with Crippen LogP contribution >= 0.6 is 0 Å². The molecule has 0 amide bonds. The molecule has 0 aliphatic heterocycles. The number of aromatic nitrogens is 1. The topological polar surface area (TPSA) is 48.1 Å². The number of hydrogen-bond donors (Lipinski definition) is 1. The summed E-state index contributed by atoms with van der Waals surface area (Å²) in [5.74, 6) is 1.38. The highest BCUT2D eigenvalue weighted by atomic mass is 16.5.